The van der Waals surface area contributed by atoms with Crippen molar-refractivity contribution in [3.8, 4) is 5.75 Å². The van der Waals surface area contributed by atoms with Gasteiger partial charge in [-0.05, 0) is 30.9 Å². The van der Waals surface area contributed by atoms with Gasteiger partial charge in [0.05, 0.1) is 11.8 Å². The van der Waals surface area contributed by atoms with Crippen LogP contribution in [0.4, 0.5) is 10.1 Å². The summed E-state index contributed by atoms with van der Waals surface area (Å²) in [6.45, 7) is 1.91. The van der Waals surface area contributed by atoms with Crippen LogP contribution in [-0.4, -0.2) is 22.1 Å². The fraction of sp³-hybridized carbons (Fsp3) is 0.429. The molecule has 108 valence electrons. The molecule has 3 N–H and O–H groups in total. The molecule has 1 aromatic carbocycles. The van der Waals surface area contributed by atoms with Crippen molar-refractivity contribution < 1.29 is 24.2 Å². The lowest BCUT2D eigenvalue weighted by atomic mass is 9.95. The summed E-state index contributed by atoms with van der Waals surface area (Å²) >= 11 is 0. The van der Waals surface area contributed by atoms with E-state index in [1.807, 2.05) is 6.92 Å². The number of carbonyl (C=O) groups excluding carboxylic acids is 1. The van der Waals surface area contributed by atoms with Crippen LogP contribution in [0.15, 0.2) is 18.2 Å². The maximum absolute atomic E-state index is 13.2. The van der Waals surface area contributed by atoms with Crippen LogP contribution in [-0.2, 0) is 9.59 Å². The molecule has 1 fully saturated rings. The molecule has 1 aromatic rings. The van der Waals surface area contributed by atoms with E-state index in [4.69, 9.17) is 10.2 Å². The maximum atomic E-state index is 13.2. The van der Waals surface area contributed by atoms with Crippen molar-refractivity contribution in [1.82, 2.24) is 0 Å². The Kier molecular flexibility index (Phi) is 3.92. The van der Waals surface area contributed by atoms with Crippen molar-refractivity contribution >= 4 is 17.6 Å². The van der Waals surface area contributed by atoms with Crippen molar-refractivity contribution in [2.24, 2.45) is 17.8 Å². The van der Waals surface area contributed by atoms with E-state index in [0.717, 1.165) is 12.1 Å². The average Bonchev–Trinajstić information content (AvgIpc) is 2.76. The van der Waals surface area contributed by atoms with Crippen molar-refractivity contribution in [1.29, 1.82) is 0 Å². The van der Waals surface area contributed by atoms with Crippen molar-refractivity contribution in [2.45, 2.75) is 19.8 Å². The van der Waals surface area contributed by atoms with Gasteiger partial charge >= 0.3 is 5.97 Å². The molecule has 0 spiro atoms. The monoisotopic (exact) mass is 281 g/mol. The Hall–Kier alpha value is -2.11. The summed E-state index contributed by atoms with van der Waals surface area (Å²) in [5.74, 6) is -3.88. The van der Waals surface area contributed by atoms with Crippen molar-refractivity contribution in [3.63, 3.8) is 0 Å². The Morgan fingerprint density at radius 1 is 1.30 bits per heavy atom. The molecular weight excluding hydrogens is 265 g/mol. The molecule has 20 heavy (non-hydrogen) atoms. The fourth-order valence-corrected chi connectivity index (χ4v) is 2.67. The predicted molar refractivity (Wildman–Crippen MR) is 69.7 cm³/mol. The number of hydrogen-bond acceptors (Lipinski definition) is 3. The van der Waals surface area contributed by atoms with Gasteiger partial charge in [0, 0.05) is 11.8 Å². The number of amides is 1. The first kappa shape index (κ1) is 14.3. The van der Waals surface area contributed by atoms with E-state index < -0.39 is 35.3 Å². The van der Waals surface area contributed by atoms with Crippen LogP contribution in [0.1, 0.15) is 19.8 Å². The Labute approximate surface area is 115 Å². The highest BCUT2D eigenvalue weighted by Crippen LogP contribution is 2.37. The van der Waals surface area contributed by atoms with Gasteiger partial charge in [0.15, 0.2) is 11.6 Å². The van der Waals surface area contributed by atoms with Gasteiger partial charge in [0.2, 0.25) is 5.91 Å². The molecule has 1 amide bonds. The van der Waals surface area contributed by atoms with E-state index in [2.05, 4.69) is 5.32 Å². The third kappa shape index (κ3) is 2.89. The first-order valence-electron chi connectivity index (χ1n) is 6.40. The van der Waals surface area contributed by atoms with E-state index in [1.54, 1.807) is 0 Å². The number of aliphatic carboxylic acids is 1. The molecule has 0 bridgehead atoms. The Morgan fingerprint density at radius 3 is 2.55 bits per heavy atom. The Bertz CT molecular complexity index is 546. The van der Waals surface area contributed by atoms with E-state index in [0.29, 0.717) is 12.8 Å². The summed E-state index contributed by atoms with van der Waals surface area (Å²) in [4.78, 5) is 23.3. The minimum atomic E-state index is -0.980. The number of carboxylic acids is 1. The van der Waals surface area contributed by atoms with E-state index in [-0.39, 0.29) is 11.6 Å². The minimum Gasteiger partial charge on any atom is -0.505 e. The van der Waals surface area contributed by atoms with Crippen LogP contribution in [0.25, 0.3) is 0 Å². The van der Waals surface area contributed by atoms with Gasteiger partial charge in [-0.3, -0.25) is 9.59 Å². The normalized spacial score (nSPS) is 25.4. The van der Waals surface area contributed by atoms with Gasteiger partial charge in [-0.2, -0.15) is 0 Å². The van der Waals surface area contributed by atoms with Gasteiger partial charge in [-0.1, -0.05) is 6.92 Å². The largest absolute Gasteiger partial charge is 0.505 e. The smallest absolute Gasteiger partial charge is 0.307 e. The van der Waals surface area contributed by atoms with Crippen molar-refractivity contribution in [2.75, 3.05) is 5.32 Å². The molecule has 3 atom stereocenters. The Balaban J connectivity index is 2.11. The standard InChI is InChI=1S/C14H16FNO4/c1-7-4-9(10(5-7)14(19)20)13(18)16-8-2-3-12(17)11(15)6-8/h2-3,6-7,9-10,17H,4-5H2,1H3,(H,16,18)(H,19,20)/t7?,9-,10+/m0/s1. The lowest BCUT2D eigenvalue weighted by Gasteiger charge is -2.15. The molecular formula is C14H16FNO4. The molecule has 1 aliphatic carbocycles. The number of nitrogens with one attached hydrogen (secondary N) is 1. The highest BCUT2D eigenvalue weighted by Gasteiger charge is 2.41. The van der Waals surface area contributed by atoms with Crippen LogP contribution in [0.5, 0.6) is 5.75 Å². The molecule has 1 unspecified atom stereocenters. The van der Waals surface area contributed by atoms with Crippen LogP contribution >= 0.6 is 0 Å². The zero-order valence-electron chi connectivity index (χ0n) is 11.0. The second-order valence-corrected chi connectivity index (χ2v) is 5.28. The maximum Gasteiger partial charge on any atom is 0.307 e. The zero-order valence-corrected chi connectivity index (χ0v) is 11.0. The predicted octanol–water partition coefficient (Wildman–Crippen LogP) is 2.22. The number of hydrogen-bond donors (Lipinski definition) is 3. The quantitative estimate of drug-likeness (QED) is 0.741. The first-order valence-corrected chi connectivity index (χ1v) is 6.40. The van der Waals surface area contributed by atoms with Gasteiger partial charge in [0.25, 0.3) is 0 Å². The molecule has 1 saturated carbocycles. The second kappa shape index (κ2) is 5.48. The number of halogens is 1. The number of phenolic OH excluding ortho intramolecular Hbond substituents is 1. The van der Waals surface area contributed by atoms with E-state index >= 15 is 0 Å². The minimum absolute atomic E-state index is 0.170. The lowest BCUT2D eigenvalue weighted by molar-refractivity contribution is -0.145. The van der Waals surface area contributed by atoms with Crippen LogP contribution in [0.3, 0.4) is 0 Å². The molecule has 5 nitrogen and oxygen atoms in total. The summed E-state index contributed by atoms with van der Waals surface area (Å²) < 4.78 is 13.2. The zero-order chi connectivity index (χ0) is 14.9. The Morgan fingerprint density at radius 2 is 1.95 bits per heavy atom. The number of carboxylic acid groups (broad SMARTS) is 1. The molecule has 0 saturated heterocycles. The third-order valence-electron chi connectivity index (χ3n) is 3.67. The number of carbonyl (C=O) groups is 2. The molecule has 6 heteroatoms. The van der Waals surface area contributed by atoms with Crippen LogP contribution in [0.2, 0.25) is 0 Å². The number of aromatic hydroxyl groups is 1. The summed E-state index contributed by atoms with van der Waals surface area (Å²) in [6, 6.07) is 3.50. The molecule has 0 radical (unpaired) electrons. The summed E-state index contributed by atoms with van der Waals surface area (Å²) in [5, 5.41) is 20.7. The van der Waals surface area contributed by atoms with Crippen LogP contribution in [0, 0.1) is 23.6 Å². The topological polar surface area (TPSA) is 86.6 Å². The number of phenols is 1. The SMILES string of the molecule is CC1C[C@H](C(=O)Nc2ccc(O)c(F)c2)[C@H](C(=O)O)C1. The average molecular weight is 281 g/mol. The highest BCUT2D eigenvalue weighted by molar-refractivity contribution is 5.95. The molecule has 0 heterocycles. The van der Waals surface area contributed by atoms with Gasteiger partial charge in [0.1, 0.15) is 0 Å². The number of benzene rings is 1. The summed E-state index contributed by atoms with van der Waals surface area (Å²) in [6.07, 6.45) is 0.973. The summed E-state index contributed by atoms with van der Waals surface area (Å²) in [7, 11) is 0. The number of rotatable bonds is 3. The molecule has 2 rings (SSSR count). The first-order chi connectivity index (χ1) is 9.38. The van der Waals surface area contributed by atoms with Gasteiger partial charge in [-0.25, -0.2) is 4.39 Å². The summed E-state index contributed by atoms with van der Waals surface area (Å²) in [5.41, 5.74) is 0.203. The lowest BCUT2D eigenvalue weighted by Crippen LogP contribution is -2.30. The van der Waals surface area contributed by atoms with E-state index in [9.17, 15) is 14.0 Å². The fourth-order valence-electron chi connectivity index (χ4n) is 2.67. The van der Waals surface area contributed by atoms with Gasteiger partial charge < -0.3 is 15.5 Å². The second-order valence-electron chi connectivity index (χ2n) is 5.28. The molecule has 0 aromatic heterocycles. The molecule has 0 aliphatic heterocycles. The van der Waals surface area contributed by atoms with Crippen molar-refractivity contribution in [3.05, 3.63) is 24.0 Å². The molecule has 1 aliphatic rings. The highest BCUT2D eigenvalue weighted by atomic mass is 19.1. The third-order valence-corrected chi connectivity index (χ3v) is 3.67. The number of anilines is 1. The van der Waals surface area contributed by atoms with Crippen LogP contribution < -0.4 is 5.32 Å². The van der Waals surface area contributed by atoms with E-state index in [1.165, 1.54) is 6.07 Å². The van der Waals surface area contributed by atoms with Gasteiger partial charge in [-0.15, -0.1) is 0 Å².